The third-order valence-electron chi connectivity index (χ3n) is 3.36. The Morgan fingerprint density at radius 3 is 2.77 bits per heavy atom. The van der Waals surface area contributed by atoms with Gasteiger partial charge in [-0.2, -0.15) is 0 Å². The molecule has 1 heterocycles. The molecule has 3 N–H and O–H groups in total. The van der Waals surface area contributed by atoms with E-state index < -0.39 is 26.6 Å². The van der Waals surface area contributed by atoms with Crippen LogP contribution in [0.2, 0.25) is 0 Å². The minimum absolute atomic E-state index is 0.0592. The molecule has 6 nitrogen and oxygen atoms in total. The molecule has 1 aromatic carbocycles. The number of rotatable bonds is 5. The maximum Gasteiger partial charge on any atom is 0.251 e. The fraction of sp³-hybridized carbons (Fsp3) is 0.357. The molecule has 22 heavy (non-hydrogen) atoms. The molecule has 0 atom stereocenters. The summed E-state index contributed by atoms with van der Waals surface area (Å²) in [6.07, 6.45) is 5.18. The molecule has 2 rings (SSSR count). The minimum Gasteiger partial charge on any atom is -0.351 e. The van der Waals surface area contributed by atoms with Crippen molar-refractivity contribution in [2.24, 2.45) is 5.14 Å². The number of halogens is 1. The highest BCUT2D eigenvalue weighted by molar-refractivity contribution is 7.89. The molecule has 1 aliphatic heterocycles. The predicted molar refractivity (Wildman–Crippen MR) is 80.3 cm³/mol. The number of sulfonamides is 1. The van der Waals surface area contributed by atoms with E-state index in [4.69, 9.17) is 5.14 Å². The summed E-state index contributed by atoms with van der Waals surface area (Å²) < 4.78 is 35.9. The van der Waals surface area contributed by atoms with Crippen molar-refractivity contribution in [3.05, 3.63) is 41.7 Å². The molecule has 0 radical (unpaired) electrons. The van der Waals surface area contributed by atoms with E-state index in [9.17, 15) is 17.6 Å². The van der Waals surface area contributed by atoms with Gasteiger partial charge in [-0.15, -0.1) is 0 Å². The highest BCUT2D eigenvalue weighted by Gasteiger charge is 2.17. The lowest BCUT2D eigenvalue weighted by Crippen LogP contribution is -2.36. The molecule has 0 fully saturated rings. The Labute approximate surface area is 128 Å². The number of hydrogen-bond acceptors (Lipinski definition) is 4. The SMILES string of the molecule is NS(=O)(=O)c1cc(C(=O)NCCN2CC=CCC2)ccc1F. The molecular weight excluding hydrogens is 309 g/mol. The van der Waals surface area contributed by atoms with E-state index in [-0.39, 0.29) is 5.56 Å². The van der Waals surface area contributed by atoms with Gasteiger partial charge in [0.15, 0.2) is 0 Å². The summed E-state index contributed by atoms with van der Waals surface area (Å²) in [6, 6.07) is 3.09. The highest BCUT2D eigenvalue weighted by atomic mass is 32.2. The van der Waals surface area contributed by atoms with Gasteiger partial charge in [-0.05, 0) is 24.6 Å². The van der Waals surface area contributed by atoms with Crippen molar-refractivity contribution < 1.29 is 17.6 Å². The van der Waals surface area contributed by atoms with Gasteiger partial charge < -0.3 is 5.32 Å². The summed E-state index contributed by atoms with van der Waals surface area (Å²) in [6.45, 7) is 2.91. The number of nitrogens with two attached hydrogens (primary N) is 1. The normalized spacial score (nSPS) is 15.7. The highest BCUT2D eigenvalue weighted by Crippen LogP contribution is 2.14. The molecular formula is C14H18FN3O3S. The van der Waals surface area contributed by atoms with Gasteiger partial charge in [0.2, 0.25) is 10.0 Å². The Hall–Kier alpha value is -1.77. The Morgan fingerprint density at radius 2 is 2.14 bits per heavy atom. The monoisotopic (exact) mass is 327 g/mol. The number of hydrogen-bond donors (Lipinski definition) is 2. The van der Waals surface area contributed by atoms with Crippen molar-refractivity contribution in [1.82, 2.24) is 10.2 Å². The smallest absolute Gasteiger partial charge is 0.251 e. The molecule has 0 saturated carbocycles. The zero-order valence-corrected chi connectivity index (χ0v) is 12.8. The van der Waals surface area contributed by atoms with Crippen LogP contribution in [0.25, 0.3) is 0 Å². The fourth-order valence-electron chi connectivity index (χ4n) is 2.19. The minimum atomic E-state index is -4.20. The Morgan fingerprint density at radius 1 is 1.36 bits per heavy atom. The van der Waals surface area contributed by atoms with Crippen molar-refractivity contribution in [3.63, 3.8) is 0 Å². The number of primary sulfonamides is 1. The van der Waals surface area contributed by atoms with E-state index in [2.05, 4.69) is 22.4 Å². The Bertz CT molecular complexity index is 689. The van der Waals surface area contributed by atoms with Crippen LogP contribution in [0.5, 0.6) is 0 Å². The van der Waals surface area contributed by atoms with Gasteiger partial charge in [0.05, 0.1) is 0 Å². The molecule has 1 aromatic rings. The van der Waals surface area contributed by atoms with E-state index in [1.54, 1.807) is 0 Å². The van der Waals surface area contributed by atoms with Gasteiger partial charge in [0.1, 0.15) is 10.7 Å². The maximum absolute atomic E-state index is 13.4. The van der Waals surface area contributed by atoms with Crippen LogP contribution >= 0.6 is 0 Å². The number of benzene rings is 1. The molecule has 0 spiro atoms. The largest absolute Gasteiger partial charge is 0.351 e. The van der Waals surface area contributed by atoms with Gasteiger partial charge in [-0.3, -0.25) is 9.69 Å². The number of carbonyl (C=O) groups excluding carboxylic acids is 1. The molecule has 0 aromatic heterocycles. The van der Waals surface area contributed by atoms with Crippen LogP contribution in [-0.4, -0.2) is 45.4 Å². The zero-order valence-electron chi connectivity index (χ0n) is 12.0. The summed E-state index contributed by atoms with van der Waals surface area (Å²) in [5.41, 5.74) is 0.0592. The molecule has 8 heteroatoms. The van der Waals surface area contributed by atoms with E-state index in [0.29, 0.717) is 13.1 Å². The van der Waals surface area contributed by atoms with E-state index >= 15 is 0 Å². The van der Waals surface area contributed by atoms with Crippen LogP contribution in [0.15, 0.2) is 35.2 Å². The Kier molecular flexibility index (Phi) is 5.28. The summed E-state index contributed by atoms with van der Waals surface area (Å²) in [7, 11) is -4.20. The van der Waals surface area contributed by atoms with Gasteiger partial charge in [-0.25, -0.2) is 17.9 Å². The third kappa shape index (κ3) is 4.36. The quantitative estimate of drug-likeness (QED) is 0.769. The van der Waals surface area contributed by atoms with Crippen molar-refractivity contribution >= 4 is 15.9 Å². The van der Waals surface area contributed by atoms with Crippen LogP contribution in [-0.2, 0) is 10.0 Å². The summed E-state index contributed by atoms with van der Waals surface area (Å²) in [5, 5.41) is 7.59. The lowest BCUT2D eigenvalue weighted by atomic mass is 10.2. The lowest BCUT2D eigenvalue weighted by molar-refractivity contribution is 0.0948. The second-order valence-electron chi connectivity index (χ2n) is 5.01. The molecule has 0 saturated heterocycles. The predicted octanol–water partition coefficient (Wildman–Crippen LogP) is 0.465. The second kappa shape index (κ2) is 6.99. The second-order valence-corrected chi connectivity index (χ2v) is 6.54. The molecule has 1 aliphatic rings. The number of carbonyl (C=O) groups is 1. The average molecular weight is 327 g/mol. The first-order valence-electron chi connectivity index (χ1n) is 6.86. The van der Waals surface area contributed by atoms with Gasteiger partial charge in [-0.1, -0.05) is 12.2 Å². The van der Waals surface area contributed by atoms with E-state index in [1.807, 2.05) is 0 Å². The van der Waals surface area contributed by atoms with Gasteiger partial charge >= 0.3 is 0 Å². The van der Waals surface area contributed by atoms with Crippen LogP contribution in [0, 0.1) is 5.82 Å². The van der Waals surface area contributed by atoms with Crippen LogP contribution in [0.3, 0.4) is 0 Å². The lowest BCUT2D eigenvalue weighted by Gasteiger charge is -2.22. The van der Waals surface area contributed by atoms with E-state index in [0.717, 1.165) is 31.6 Å². The first-order valence-corrected chi connectivity index (χ1v) is 8.40. The molecule has 1 amide bonds. The fourth-order valence-corrected chi connectivity index (χ4v) is 2.82. The van der Waals surface area contributed by atoms with Crippen LogP contribution < -0.4 is 10.5 Å². The van der Waals surface area contributed by atoms with Gasteiger partial charge in [0, 0.05) is 31.7 Å². The third-order valence-corrected chi connectivity index (χ3v) is 4.28. The zero-order chi connectivity index (χ0) is 16.2. The topological polar surface area (TPSA) is 92.5 Å². The van der Waals surface area contributed by atoms with Crippen molar-refractivity contribution in [2.75, 3.05) is 26.2 Å². The van der Waals surface area contributed by atoms with Crippen molar-refractivity contribution in [3.8, 4) is 0 Å². The molecule has 0 unspecified atom stereocenters. The van der Waals surface area contributed by atoms with Crippen molar-refractivity contribution in [2.45, 2.75) is 11.3 Å². The Balaban J connectivity index is 1.96. The van der Waals surface area contributed by atoms with Crippen LogP contribution in [0.1, 0.15) is 16.8 Å². The molecule has 0 bridgehead atoms. The standard InChI is InChI=1S/C14H18FN3O3S/c15-12-5-4-11(10-13(12)22(16,20)21)14(19)17-6-9-18-7-2-1-3-8-18/h1-2,4-5,10H,3,6-9H2,(H,17,19)(H2,16,20,21). The average Bonchev–Trinajstić information content (AvgIpc) is 2.47. The number of nitrogens with zero attached hydrogens (tertiary/aromatic N) is 1. The van der Waals surface area contributed by atoms with Crippen molar-refractivity contribution in [1.29, 1.82) is 0 Å². The van der Waals surface area contributed by atoms with E-state index in [1.165, 1.54) is 6.07 Å². The summed E-state index contributed by atoms with van der Waals surface area (Å²) >= 11 is 0. The maximum atomic E-state index is 13.4. The summed E-state index contributed by atoms with van der Waals surface area (Å²) in [4.78, 5) is 13.5. The molecule has 120 valence electrons. The number of nitrogens with one attached hydrogen (secondary N) is 1. The first kappa shape index (κ1) is 16.6. The first-order chi connectivity index (χ1) is 10.4. The number of amides is 1. The molecule has 0 aliphatic carbocycles. The van der Waals surface area contributed by atoms with Gasteiger partial charge in [0.25, 0.3) is 5.91 Å². The van der Waals surface area contributed by atoms with Crippen LogP contribution in [0.4, 0.5) is 4.39 Å². The summed E-state index contributed by atoms with van der Waals surface area (Å²) in [5.74, 6) is -1.43.